The largest absolute Gasteiger partial charge is 0.481 e. The molecule has 3 aromatic rings. The van der Waals surface area contributed by atoms with Crippen LogP contribution in [0.15, 0.2) is 30.5 Å². The van der Waals surface area contributed by atoms with E-state index in [9.17, 15) is 23.5 Å². The van der Waals surface area contributed by atoms with Gasteiger partial charge in [0.2, 0.25) is 5.88 Å². The Labute approximate surface area is 230 Å². The summed E-state index contributed by atoms with van der Waals surface area (Å²) < 4.78 is 37.2. The number of carbonyl (C=O) groups is 2. The standard InChI is InChI=1S/C29H32F2N4O5/c1-16-6-8-20-21(34(16)28(38)39-2)9-10-22-24(20)33-26(35(22)19-5-3-4-17(14-19)25(36)37)29(12-13-29)18-7-11-23(32-15-18)40-27(30)31/h7,9-11,15-17,19,27H,3-6,8,12-14H2,1-2H3,(H,36,37)/t16-,17+,19+/m0/s1. The first-order valence-electron chi connectivity index (χ1n) is 13.8. The minimum Gasteiger partial charge on any atom is -0.481 e. The van der Waals surface area contributed by atoms with Crippen molar-refractivity contribution in [2.24, 2.45) is 5.92 Å². The van der Waals surface area contributed by atoms with Crippen LogP contribution in [0.2, 0.25) is 0 Å². The van der Waals surface area contributed by atoms with E-state index in [1.165, 1.54) is 13.2 Å². The Balaban J connectivity index is 1.51. The highest BCUT2D eigenvalue weighted by Gasteiger charge is 2.51. The van der Waals surface area contributed by atoms with Gasteiger partial charge < -0.3 is 19.1 Å². The van der Waals surface area contributed by atoms with Gasteiger partial charge in [-0.25, -0.2) is 14.8 Å². The fourth-order valence-corrected chi connectivity index (χ4v) is 6.70. The molecule has 40 heavy (non-hydrogen) atoms. The third-order valence-electron chi connectivity index (χ3n) is 8.86. The van der Waals surface area contributed by atoms with Crippen molar-refractivity contribution in [1.82, 2.24) is 14.5 Å². The van der Waals surface area contributed by atoms with E-state index >= 15 is 0 Å². The molecule has 0 spiro atoms. The Morgan fingerprint density at radius 2 is 1.95 bits per heavy atom. The highest BCUT2D eigenvalue weighted by atomic mass is 19.3. The van der Waals surface area contributed by atoms with Gasteiger partial charge in [0.05, 0.1) is 35.2 Å². The number of aliphatic carboxylic acids is 1. The first-order chi connectivity index (χ1) is 19.2. The number of imidazole rings is 1. The number of ether oxygens (including phenoxy) is 2. The van der Waals surface area contributed by atoms with Crippen LogP contribution in [0.25, 0.3) is 11.0 Å². The number of hydrogen-bond acceptors (Lipinski definition) is 6. The van der Waals surface area contributed by atoms with E-state index in [0.29, 0.717) is 12.8 Å². The van der Waals surface area contributed by atoms with Crippen LogP contribution < -0.4 is 9.64 Å². The van der Waals surface area contributed by atoms with Gasteiger partial charge in [0, 0.05) is 29.9 Å². The van der Waals surface area contributed by atoms with E-state index in [-0.39, 0.29) is 18.0 Å². The highest BCUT2D eigenvalue weighted by molar-refractivity contribution is 5.95. The topological polar surface area (TPSA) is 107 Å². The van der Waals surface area contributed by atoms with Crippen molar-refractivity contribution in [2.75, 3.05) is 12.0 Å². The molecule has 212 valence electrons. The predicted molar refractivity (Wildman–Crippen MR) is 142 cm³/mol. The Bertz CT molecular complexity index is 1450. The molecule has 3 aliphatic rings. The number of nitrogens with zero attached hydrogens (tertiary/aromatic N) is 4. The Morgan fingerprint density at radius 1 is 1.15 bits per heavy atom. The van der Waals surface area contributed by atoms with E-state index in [1.807, 2.05) is 19.1 Å². The summed E-state index contributed by atoms with van der Waals surface area (Å²) >= 11 is 0. The lowest BCUT2D eigenvalue weighted by atomic mass is 9.85. The fourth-order valence-electron chi connectivity index (χ4n) is 6.70. The normalized spacial score (nSPS) is 23.6. The summed E-state index contributed by atoms with van der Waals surface area (Å²) in [5.41, 5.74) is 3.86. The maximum atomic E-state index is 12.7. The lowest BCUT2D eigenvalue weighted by molar-refractivity contribution is -0.143. The molecule has 1 aliphatic heterocycles. The molecule has 3 atom stereocenters. The van der Waals surface area contributed by atoms with Gasteiger partial charge in [0.25, 0.3) is 0 Å². The molecule has 1 N–H and O–H groups in total. The Kier molecular flexibility index (Phi) is 6.62. The molecule has 11 heteroatoms. The Hall–Kier alpha value is -3.76. The van der Waals surface area contributed by atoms with Crippen molar-refractivity contribution in [3.05, 3.63) is 47.4 Å². The number of hydrogen-bond donors (Lipinski definition) is 1. The number of pyridine rings is 1. The molecule has 2 saturated carbocycles. The van der Waals surface area contributed by atoms with Crippen LogP contribution in [0.5, 0.6) is 5.88 Å². The minimum absolute atomic E-state index is 0.0246. The molecule has 2 aliphatic carbocycles. The van der Waals surface area contributed by atoms with Gasteiger partial charge in [-0.05, 0) is 69.6 Å². The SMILES string of the molecule is COC(=O)N1c2ccc3c(nc(C4(c5ccc(OC(F)F)nc5)CC4)n3[C@@H]3CCC[C@@H](C(=O)O)C3)c2CC[C@@H]1C. The quantitative estimate of drug-likeness (QED) is 0.408. The van der Waals surface area contributed by atoms with Gasteiger partial charge in [0.1, 0.15) is 5.82 Å². The van der Waals surface area contributed by atoms with Crippen LogP contribution in [0.4, 0.5) is 19.3 Å². The van der Waals surface area contributed by atoms with Crippen LogP contribution in [0.3, 0.4) is 0 Å². The van der Waals surface area contributed by atoms with Crippen LogP contribution >= 0.6 is 0 Å². The zero-order valence-corrected chi connectivity index (χ0v) is 22.5. The summed E-state index contributed by atoms with van der Waals surface area (Å²) in [5.74, 6) is -0.527. The number of alkyl halides is 2. The van der Waals surface area contributed by atoms with E-state index in [0.717, 1.165) is 72.2 Å². The average molecular weight is 555 g/mol. The number of aromatic nitrogens is 3. The third-order valence-corrected chi connectivity index (χ3v) is 8.86. The van der Waals surface area contributed by atoms with Gasteiger partial charge >= 0.3 is 18.7 Å². The number of fused-ring (bicyclic) bond motifs is 3. The van der Waals surface area contributed by atoms with E-state index < -0.39 is 30.0 Å². The Morgan fingerprint density at radius 3 is 2.60 bits per heavy atom. The monoisotopic (exact) mass is 554 g/mol. The maximum Gasteiger partial charge on any atom is 0.414 e. The molecule has 1 aromatic carbocycles. The lowest BCUT2D eigenvalue weighted by Crippen LogP contribution is -2.42. The predicted octanol–water partition coefficient (Wildman–Crippen LogP) is 5.84. The molecule has 2 aromatic heterocycles. The fraction of sp³-hybridized carbons (Fsp3) is 0.517. The number of amides is 1. The summed E-state index contributed by atoms with van der Waals surface area (Å²) in [4.78, 5) is 35.7. The van der Waals surface area contributed by atoms with Crippen molar-refractivity contribution < 1.29 is 33.0 Å². The molecule has 0 bridgehead atoms. The molecule has 9 nitrogen and oxygen atoms in total. The van der Waals surface area contributed by atoms with Gasteiger partial charge in [-0.2, -0.15) is 8.78 Å². The minimum atomic E-state index is -2.95. The van der Waals surface area contributed by atoms with Crippen molar-refractivity contribution in [3.63, 3.8) is 0 Å². The van der Waals surface area contributed by atoms with Crippen molar-refractivity contribution in [3.8, 4) is 5.88 Å². The summed E-state index contributed by atoms with van der Waals surface area (Å²) in [5, 5.41) is 9.81. The molecule has 1 amide bonds. The van der Waals surface area contributed by atoms with Crippen molar-refractivity contribution in [1.29, 1.82) is 0 Å². The summed E-state index contributed by atoms with van der Waals surface area (Å²) in [6.07, 6.45) is 7.05. The zero-order chi connectivity index (χ0) is 28.2. The van der Waals surface area contributed by atoms with Crippen LogP contribution in [-0.2, 0) is 21.4 Å². The second-order valence-electron chi connectivity index (χ2n) is 11.2. The number of halogens is 2. The molecule has 0 unspecified atom stereocenters. The van der Waals surface area contributed by atoms with Crippen LogP contribution in [0, 0.1) is 5.92 Å². The third kappa shape index (κ3) is 4.35. The smallest absolute Gasteiger partial charge is 0.414 e. The van der Waals surface area contributed by atoms with E-state index in [2.05, 4.69) is 14.3 Å². The van der Waals surface area contributed by atoms with Crippen LogP contribution in [0.1, 0.15) is 74.9 Å². The first-order valence-corrected chi connectivity index (χ1v) is 13.8. The number of anilines is 1. The second-order valence-corrected chi connectivity index (χ2v) is 11.2. The summed E-state index contributed by atoms with van der Waals surface area (Å²) in [7, 11) is 1.37. The summed E-state index contributed by atoms with van der Waals surface area (Å²) in [6.45, 7) is -0.958. The number of methoxy groups -OCH3 is 1. The zero-order valence-electron chi connectivity index (χ0n) is 22.5. The molecule has 3 heterocycles. The lowest BCUT2D eigenvalue weighted by Gasteiger charge is -2.34. The summed E-state index contributed by atoms with van der Waals surface area (Å²) in [6, 6.07) is 7.06. The average Bonchev–Trinajstić information content (AvgIpc) is 3.65. The molecular formula is C29H32F2N4O5. The van der Waals surface area contributed by atoms with Crippen LogP contribution in [-0.4, -0.2) is 51.5 Å². The number of carboxylic acid groups (broad SMARTS) is 1. The first kappa shape index (κ1) is 26.5. The molecule has 6 rings (SSSR count). The number of aryl methyl sites for hydroxylation is 1. The van der Waals surface area contributed by atoms with Gasteiger partial charge in [0.15, 0.2) is 0 Å². The number of rotatable bonds is 6. The molecular weight excluding hydrogens is 522 g/mol. The second kappa shape index (κ2) is 10.0. The molecule has 0 radical (unpaired) electrons. The van der Waals surface area contributed by atoms with Gasteiger partial charge in [-0.1, -0.05) is 12.5 Å². The van der Waals surface area contributed by atoms with E-state index in [1.54, 1.807) is 17.2 Å². The number of carboxylic acids is 1. The van der Waals surface area contributed by atoms with E-state index in [4.69, 9.17) is 9.72 Å². The van der Waals surface area contributed by atoms with Crippen molar-refractivity contribution in [2.45, 2.75) is 82.4 Å². The highest BCUT2D eigenvalue weighted by Crippen LogP contribution is 2.55. The van der Waals surface area contributed by atoms with Gasteiger partial charge in [-0.3, -0.25) is 9.69 Å². The molecule has 0 saturated heterocycles. The van der Waals surface area contributed by atoms with Gasteiger partial charge in [-0.15, -0.1) is 0 Å². The number of carbonyl (C=O) groups excluding carboxylic acids is 1. The molecule has 2 fully saturated rings. The number of benzene rings is 1. The van der Waals surface area contributed by atoms with Crippen molar-refractivity contribution >= 4 is 28.8 Å². The maximum absolute atomic E-state index is 12.7.